The number of hydrogen-bond acceptors (Lipinski definition) is 5. The van der Waals surface area contributed by atoms with E-state index in [1.165, 1.54) is 4.90 Å². The molecule has 1 aromatic rings. The summed E-state index contributed by atoms with van der Waals surface area (Å²) in [5.74, 6) is 0.424. The number of rotatable bonds is 7. The molecule has 0 bridgehead atoms. The highest BCUT2D eigenvalue weighted by atomic mass is 16.6. The highest BCUT2D eigenvalue weighted by molar-refractivity contribution is 5.73. The second-order valence-electron chi connectivity index (χ2n) is 4.63. The SMILES string of the molecule is CCOC(=O)CCN1CC(COc2ccccc2)OC1=O. The van der Waals surface area contributed by atoms with E-state index in [-0.39, 0.29) is 18.5 Å². The Kier molecular flexibility index (Phi) is 5.43. The predicted octanol–water partition coefficient (Wildman–Crippen LogP) is 1.84. The van der Waals surface area contributed by atoms with Gasteiger partial charge >= 0.3 is 12.1 Å². The molecule has 1 aliphatic heterocycles. The van der Waals surface area contributed by atoms with Crippen LogP contribution in [-0.2, 0) is 14.3 Å². The van der Waals surface area contributed by atoms with Gasteiger partial charge < -0.3 is 19.1 Å². The second kappa shape index (κ2) is 7.52. The molecular weight excluding hydrogens is 274 g/mol. The lowest BCUT2D eigenvalue weighted by Gasteiger charge is -2.12. The van der Waals surface area contributed by atoms with E-state index < -0.39 is 6.09 Å². The molecule has 0 saturated carbocycles. The number of esters is 1. The first-order chi connectivity index (χ1) is 10.2. The summed E-state index contributed by atoms with van der Waals surface area (Å²) in [6.07, 6.45) is -0.560. The van der Waals surface area contributed by atoms with Gasteiger partial charge in [-0.1, -0.05) is 18.2 Å². The first-order valence-electron chi connectivity index (χ1n) is 6.98. The van der Waals surface area contributed by atoms with Crippen molar-refractivity contribution in [2.75, 3.05) is 26.3 Å². The maximum absolute atomic E-state index is 11.7. The zero-order valence-corrected chi connectivity index (χ0v) is 12.0. The molecule has 0 aliphatic carbocycles. The lowest BCUT2D eigenvalue weighted by molar-refractivity contribution is -0.143. The van der Waals surface area contributed by atoms with E-state index in [1.54, 1.807) is 6.92 Å². The monoisotopic (exact) mass is 293 g/mol. The minimum absolute atomic E-state index is 0.176. The molecule has 0 spiro atoms. The Bertz CT molecular complexity index is 476. The van der Waals surface area contributed by atoms with Gasteiger partial charge in [0, 0.05) is 6.54 Å². The molecule has 1 unspecified atom stereocenters. The number of carbonyl (C=O) groups is 2. The highest BCUT2D eigenvalue weighted by Crippen LogP contribution is 2.15. The third-order valence-electron chi connectivity index (χ3n) is 3.02. The fourth-order valence-electron chi connectivity index (χ4n) is 2.01. The van der Waals surface area contributed by atoms with Crippen LogP contribution in [0.2, 0.25) is 0 Å². The van der Waals surface area contributed by atoms with Crippen LogP contribution in [0.3, 0.4) is 0 Å². The summed E-state index contributed by atoms with van der Waals surface area (Å²) in [4.78, 5) is 24.4. The number of nitrogens with zero attached hydrogens (tertiary/aromatic N) is 1. The van der Waals surface area contributed by atoms with Crippen LogP contribution < -0.4 is 4.74 Å². The minimum atomic E-state index is -0.416. The number of amides is 1. The highest BCUT2D eigenvalue weighted by Gasteiger charge is 2.31. The molecule has 1 aliphatic rings. The van der Waals surface area contributed by atoms with Gasteiger partial charge in [0.25, 0.3) is 0 Å². The van der Waals surface area contributed by atoms with E-state index in [0.717, 1.165) is 5.75 Å². The molecule has 6 heteroatoms. The molecule has 1 fully saturated rings. The molecule has 0 N–H and O–H groups in total. The van der Waals surface area contributed by atoms with Crippen LogP contribution in [0.15, 0.2) is 30.3 Å². The van der Waals surface area contributed by atoms with Gasteiger partial charge in [-0.3, -0.25) is 4.79 Å². The van der Waals surface area contributed by atoms with Crippen LogP contribution in [-0.4, -0.2) is 49.4 Å². The van der Waals surface area contributed by atoms with E-state index in [4.69, 9.17) is 14.2 Å². The summed E-state index contributed by atoms with van der Waals surface area (Å²) in [6, 6.07) is 9.34. The molecule has 1 saturated heterocycles. The normalized spacial score (nSPS) is 17.5. The first-order valence-corrected chi connectivity index (χ1v) is 6.98. The molecule has 21 heavy (non-hydrogen) atoms. The van der Waals surface area contributed by atoms with Crippen molar-refractivity contribution in [2.24, 2.45) is 0 Å². The fraction of sp³-hybridized carbons (Fsp3) is 0.467. The number of benzene rings is 1. The third kappa shape index (κ3) is 4.66. The van der Waals surface area contributed by atoms with Gasteiger partial charge in [-0.05, 0) is 19.1 Å². The van der Waals surface area contributed by atoms with Crippen molar-refractivity contribution in [3.63, 3.8) is 0 Å². The van der Waals surface area contributed by atoms with Gasteiger partial charge in [-0.2, -0.15) is 0 Å². The van der Waals surface area contributed by atoms with E-state index in [1.807, 2.05) is 30.3 Å². The van der Waals surface area contributed by atoms with Crippen LogP contribution in [0.1, 0.15) is 13.3 Å². The van der Waals surface area contributed by atoms with Crippen molar-refractivity contribution in [2.45, 2.75) is 19.4 Å². The van der Waals surface area contributed by atoms with Crippen LogP contribution >= 0.6 is 0 Å². The molecular formula is C15H19NO5. The standard InChI is InChI=1S/C15H19NO5/c1-2-19-14(17)8-9-16-10-13(21-15(16)18)11-20-12-6-4-3-5-7-12/h3-7,13H,2,8-11H2,1H3. The van der Waals surface area contributed by atoms with Crippen molar-refractivity contribution in [1.82, 2.24) is 4.90 Å². The number of hydrogen-bond donors (Lipinski definition) is 0. The van der Waals surface area contributed by atoms with Crippen LogP contribution in [0.5, 0.6) is 5.75 Å². The summed E-state index contributed by atoms with van der Waals surface area (Å²) >= 11 is 0. The Balaban J connectivity index is 1.73. The summed E-state index contributed by atoms with van der Waals surface area (Å²) in [5.41, 5.74) is 0. The number of cyclic esters (lactones) is 1. The zero-order valence-electron chi connectivity index (χ0n) is 12.0. The summed E-state index contributed by atoms with van der Waals surface area (Å²) in [6.45, 7) is 3.12. The Morgan fingerprint density at radius 1 is 1.38 bits per heavy atom. The summed E-state index contributed by atoms with van der Waals surface area (Å²) in [5, 5.41) is 0. The fourth-order valence-corrected chi connectivity index (χ4v) is 2.01. The van der Waals surface area contributed by atoms with Gasteiger partial charge in [0.15, 0.2) is 6.10 Å². The van der Waals surface area contributed by atoms with Gasteiger partial charge in [0.2, 0.25) is 0 Å². The lowest BCUT2D eigenvalue weighted by atomic mass is 10.3. The molecule has 1 aromatic carbocycles. The zero-order chi connectivity index (χ0) is 15.1. The molecule has 0 aromatic heterocycles. The average molecular weight is 293 g/mol. The molecule has 2 rings (SSSR count). The molecule has 1 atom stereocenters. The van der Waals surface area contributed by atoms with Crippen molar-refractivity contribution < 1.29 is 23.8 Å². The Morgan fingerprint density at radius 2 is 2.14 bits per heavy atom. The van der Waals surface area contributed by atoms with E-state index >= 15 is 0 Å². The lowest BCUT2D eigenvalue weighted by Crippen LogP contribution is -2.29. The Morgan fingerprint density at radius 3 is 2.86 bits per heavy atom. The molecule has 1 amide bonds. The number of para-hydroxylation sites is 1. The summed E-state index contributed by atoms with van der Waals surface area (Å²) < 4.78 is 15.6. The van der Waals surface area contributed by atoms with Crippen LogP contribution in [0.25, 0.3) is 0 Å². The largest absolute Gasteiger partial charge is 0.490 e. The maximum Gasteiger partial charge on any atom is 0.410 e. The summed E-state index contributed by atoms with van der Waals surface area (Å²) in [7, 11) is 0. The van der Waals surface area contributed by atoms with Gasteiger partial charge in [-0.15, -0.1) is 0 Å². The number of carbonyl (C=O) groups excluding carboxylic acids is 2. The molecule has 6 nitrogen and oxygen atoms in total. The Hall–Kier alpha value is -2.24. The Labute approximate surface area is 123 Å². The second-order valence-corrected chi connectivity index (χ2v) is 4.63. The molecule has 1 heterocycles. The van der Waals surface area contributed by atoms with Gasteiger partial charge in [0.1, 0.15) is 12.4 Å². The first kappa shape index (κ1) is 15.2. The van der Waals surface area contributed by atoms with E-state index in [2.05, 4.69) is 0 Å². The van der Waals surface area contributed by atoms with Crippen LogP contribution in [0, 0.1) is 0 Å². The van der Waals surface area contributed by atoms with Crippen molar-refractivity contribution in [1.29, 1.82) is 0 Å². The topological polar surface area (TPSA) is 65.1 Å². The smallest absolute Gasteiger partial charge is 0.410 e. The van der Waals surface area contributed by atoms with Crippen LogP contribution in [0.4, 0.5) is 4.79 Å². The predicted molar refractivity (Wildman–Crippen MR) is 75.0 cm³/mol. The quantitative estimate of drug-likeness (QED) is 0.718. The van der Waals surface area contributed by atoms with Crippen molar-refractivity contribution in [3.05, 3.63) is 30.3 Å². The minimum Gasteiger partial charge on any atom is -0.490 e. The van der Waals surface area contributed by atoms with Crippen molar-refractivity contribution in [3.8, 4) is 5.75 Å². The third-order valence-corrected chi connectivity index (χ3v) is 3.02. The van der Waals surface area contributed by atoms with E-state index in [9.17, 15) is 9.59 Å². The van der Waals surface area contributed by atoms with Gasteiger partial charge in [-0.25, -0.2) is 4.79 Å². The van der Waals surface area contributed by atoms with Crippen molar-refractivity contribution >= 4 is 12.1 Å². The van der Waals surface area contributed by atoms with Gasteiger partial charge in [0.05, 0.1) is 19.6 Å². The molecule has 0 radical (unpaired) electrons. The maximum atomic E-state index is 11.7. The number of ether oxygens (including phenoxy) is 3. The van der Waals surface area contributed by atoms with E-state index in [0.29, 0.717) is 26.3 Å². The molecule has 114 valence electrons. The average Bonchev–Trinajstić information content (AvgIpc) is 2.85.